The van der Waals surface area contributed by atoms with Gasteiger partial charge in [-0.15, -0.1) is 0 Å². The van der Waals surface area contributed by atoms with Crippen LogP contribution in [-0.2, 0) is 6.42 Å². The van der Waals surface area contributed by atoms with Gasteiger partial charge in [0.15, 0.2) is 0 Å². The van der Waals surface area contributed by atoms with Crippen LogP contribution in [0, 0.1) is 5.92 Å². The average molecular weight is 308 g/mol. The van der Waals surface area contributed by atoms with Crippen LogP contribution in [0.3, 0.4) is 0 Å². The van der Waals surface area contributed by atoms with E-state index < -0.39 is 0 Å². The quantitative estimate of drug-likeness (QED) is 0.821. The van der Waals surface area contributed by atoms with Gasteiger partial charge < -0.3 is 5.73 Å². The van der Waals surface area contributed by atoms with E-state index >= 15 is 0 Å². The van der Waals surface area contributed by atoms with Crippen molar-refractivity contribution in [2.75, 3.05) is 0 Å². The van der Waals surface area contributed by atoms with Crippen molar-refractivity contribution in [3.8, 4) is 0 Å². The van der Waals surface area contributed by atoms with Crippen LogP contribution in [0.1, 0.15) is 36.6 Å². The number of hydrogen-bond donors (Lipinski definition) is 1. The van der Waals surface area contributed by atoms with E-state index in [9.17, 15) is 0 Å². The summed E-state index contributed by atoms with van der Waals surface area (Å²) in [5.41, 5.74) is 9.62. The molecule has 1 unspecified atom stereocenters. The van der Waals surface area contributed by atoms with Crippen LogP contribution in [0.2, 0.25) is 10.0 Å². The maximum atomic E-state index is 6.34. The predicted molar refractivity (Wildman–Crippen MR) is 87.5 cm³/mol. The first kappa shape index (κ1) is 15.4. The third-order valence-corrected chi connectivity index (χ3v) is 3.81. The molecule has 0 aliphatic carbocycles. The van der Waals surface area contributed by atoms with Crippen molar-refractivity contribution < 1.29 is 0 Å². The molecule has 0 spiro atoms. The summed E-state index contributed by atoms with van der Waals surface area (Å²) >= 11 is 12.2. The second kappa shape index (κ2) is 6.62. The van der Waals surface area contributed by atoms with Crippen LogP contribution in [0.15, 0.2) is 42.5 Å². The molecule has 0 heterocycles. The van der Waals surface area contributed by atoms with Crippen molar-refractivity contribution in [3.63, 3.8) is 0 Å². The molecule has 106 valence electrons. The maximum absolute atomic E-state index is 6.34. The van der Waals surface area contributed by atoms with Crippen LogP contribution in [0.4, 0.5) is 0 Å². The number of nitrogens with two attached hydrogens (primary N) is 1. The van der Waals surface area contributed by atoms with Crippen LogP contribution in [0.25, 0.3) is 0 Å². The van der Waals surface area contributed by atoms with Crippen molar-refractivity contribution >= 4 is 23.2 Å². The molecule has 2 N–H and O–H groups in total. The third kappa shape index (κ3) is 3.76. The lowest BCUT2D eigenvalue weighted by atomic mass is 9.95. The van der Waals surface area contributed by atoms with Crippen molar-refractivity contribution in [1.29, 1.82) is 0 Å². The molecule has 0 radical (unpaired) electrons. The summed E-state index contributed by atoms with van der Waals surface area (Å²) in [5, 5.41) is 1.23. The van der Waals surface area contributed by atoms with E-state index in [1.54, 1.807) is 6.07 Å². The Kier molecular flexibility index (Phi) is 5.09. The van der Waals surface area contributed by atoms with Gasteiger partial charge in [0.05, 0.1) is 6.04 Å². The molecule has 0 aliphatic rings. The highest BCUT2D eigenvalue weighted by Crippen LogP contribution is 2.29. The van der Waals surface area contributed by atoms with Crippen molar-refractivity contribution in [1.82, 2.24) is 0 Å². The molecular weight excluding hydrogens is 289 g/mol. The monoisotopic (exact) mass is 307 g/mol. The molecule has 2 rings (SSSR count). The lowest BCUT2D eigenvalue weighted by molar-refractivity contribution is 0.646. The molecule has 0 aromatic heterocycles. The summed E-state index contributed by atoms with van der Waals surface area (Å²) in [6.07, 6.45) is 1.05. The van der Waals surface area contributed by atoms with Crippen LogP contribution >= 0.6 is 23.2 Å². The lowest BCUT2D eigenvalue weighted by Gasteiger charge is -2.16. The molecule has 0 saturated heterocycles. The topological polar surface area (TPSA) is 26.0 Å². The molecule has 0 amide bonds. The van der Waals surface area contributed by atoms with Gasteiger partial charge in [0.1, 0.15) is 0 Å². The van der Waals surface area contributed by atoms with Crippen molar-refractivity contribution in [2.24, 2.45) is 11.7 Å². The fourth-order valence-corrected chi connectivity index (χ4v) is 2.84. The zero-order chi connectivity index (χ0) is 14.7. The van der Waals surface area contributed by atoms with Gasteiger partial charge in [-0.3, -0.25) is 0 Å². The van der Waals surface area contributed by atoms with Gasteiger partial charge >= 0.3 is 0 Å². The smallest absolute Gasteiger partial charge is 0.0566 e. The number of hydrogen-bond acceptors (Lipinski definition) is 1. The Bertz CT molecular complexity index is 593. The first-order chi connectivity index (χ1) is 9.47. The summed E-state index contributed by atoms with van der Waals surface area (Å²) in [6, 6.07) is 13.6. The van der Waals surface area contributed by atoms with Crippen LogP contribution < -0.4 is 5.73 Å². The minimum absolute atomic E-state index is 0.230. The van der Waals surface area contributed by atoms with E-state index in [1.807, 2.05) is 18.2 Å². The van der Waals surface area contributed by atoms with Gasteiger partial charge in [0, 0.05) is 10.0 Å². The van der Waals surface area contributed by atoms with E-state index in [0.29, 0.717) is 16.0 Å². The highest BCUT2D eigenvalue weighted by atomic mass is 35.5. The minimum Gasteiger partial charge on any atom is -0.320 e. The second-order valence-electron chi connectivity index (χ2n) is 5.49. The molecule has 0 fully saturated rings. The Labute approximate surface area is 130 Å². The molecule has 0 saturated carbocycles. The van der Waals surface area contributed by atoms with Gasteiger partial charge in [0.25, 0.3) is 0 Å². The molecular formula is C17H19Cl2N. The van der Waals surface area contributed by atoms with Gasteiger partial charge in [-0.25, -0.2) is 0 Å². The standard InChI is InChI=1S/C17H19Cl2N/c1-11(2)8-12-4-3-5-13(9-12)17(20)15-7-6-14(18)10-16(15)19/h3-7,9-11,17H,8,20H2,1-2H3. The highest BCUT2D eigenvalue weighted by Gasteiger charge is 2.13. The average Bonchev–Trinajstić information content (AvgIpc) is 2.37. The zero-order valence-corrected chi connectivity index (χ0v) is 13.2. The highest BCUT2D eigenvalue weighted by molar-refractivity contribution is 6.35. The van der Waals surface area contributed by atoms with Gasteiger partial charge in [0.2, 0.25) is 0 Å². The summed E-state index contributed by atoms with van der Waals surface area (Å²) in [4.78, 5) is 0. The predicted octanol–water partition coefficient (Wildman–Crippen LogP) is 5.24. The van der Waals surface area contributed by atoms with Crippen LogP contribution in [-0.4, -0.2) is 0 Å². The summed E-state index contributed by atoms with van der Waals surface area (Å²) in [6.45, 7) is 4.42. The van der Waals surface area contributed by atoms with E-state index in [2.05, 4.69) is 32.0 Å². The Balaban J connectivity index is 2.30. The molecule has 1 nitrogen and oxygen atoms in total. The Morgan fingerprint density at radius 2 is 1.80 bits per heavy atom. The molecule has 1 atom stereocenters. The fourth-order valence-electron chi connectivity index (χ4n) is 2.32. The Hall–Kier alpha value is -1.02. The Morgan fingerprint density at radius 1 is 1.05 bits per heavy atom. The largest absolute Gasteiger partial charge is 0.320 e. The summed E-state index contributed by atoms with van der Waals surface area (Å²) in [5.74, 6) is 0.626. The number of rotatable bonds is 4. The lowest BCUT2D eigenvalue weighted by Crippen LogP contribution is -2.12. The van der Waals surface area contributed by atoms with Gasteiger partial charge in [-0.2, -0.15) is 0 Å². The number of halogens is 2. The third-order valence-electron chi connectivity index (χ3n) is 3.25. The van der Waals surface area contributed by atoms with E-state index in [1.165, 1.54) is 5.56 Å². The molecule has 3 heteroatoms. The number of benzene rings is 2. The van der Waals surface area contributed by atoms with Crippen molar-refractivity contribution in [3.05, 3.63) is 69.2 Å². The molecule has 2 aromatic rings. The molecule has 2 aromatic carbocycles. The van der Waals surface area contributed by atoms with E-state index in [-0.39, 0.29) is 6.04 Å². The maximum Gasteiger partial charge on any atom is 0.0566 e. The molecule has 0 aliphatic heterocycles. The summed E-state index contributed by atoms with van der Waals surface area (Å²) in [7, 11) is 0. The summed E-state index contributed by atoms with van der Waals surface area (Å²) < 4.78 is 0. The minimum atomic E-state index is -0.230. The molecule has 20 heavy (non-hydrogen) atoms. The van der Waals surface area contributed by atoms with Crippen molar-refractivity contribution in [2.45, 2.75) is 26.3 Å². The second-order valence-corrected chi connectivity index (χ2v) is 6.33. The van der Waals surface area contributed by atoms with Gasteiger partial charge in [-0.05, 0) is 41.2 Å². The fraction of sp³-hybridized carbons (Fsp3) is 0.294. The first-order valence-corrected chi connectivity index (χ1v) is 7.52. The van der Waals surface area contributed by atoms with E-state index in [4.69, 9.17) is 28.9 Å². The molecule has 0 bridgehead atoms. The normalized spacial score (nSPS) is 12.7. The Morgan fingerprint density at radius 3 is 2.45 bits per heavy atom. The van der Waals surface area contributed by atoms with E-state index in [0.717, 1.165) is 17.5 Å². The first-order valence-electron chi connectivity index (χ1n) is 6.76. The SMILES string of the molecule is CC(C)Cc1cccc(C(N)c2ccc(Cl)cc2Cl)c1. The zero-order valence-electron chi connectivity index (χ0n) is 11.7. The van der Waals surface area contributed by atoms with Gasteiger partial charge in [-0.1, -0.05) is 67.4 Å². The van der Waals surface area contributed by atoms with Crippen LogP contribution in [0.5, 0.6) is 0 Å².